The predicted molar refractivity (Wildman–Crippen MR) is 72.4 cm³/mol. The van der Waals surface area contributed by atoms with Gasteiger partial charge in [-0.05, 0) is 23.6 Å². The molecule has 1 aromatic carbocycles. The Morgan fingerprint density at radius 2 is 2.11 bits per heavy atom. The van der Waals surface area contributed by atoms with Crippen LogP contribution in [0.25, 0.3) is 0 Å². The van der Waals surface area contributed by atoms with E-state index in [9.17, 15) is 9.90 Å². The first-order valence-corrected chi connectivity index (χ1v) is 6.22. The van der Waals surface area contributed by atoms with Gasteiger partial charge in [-0.3, -0.25) is 9.69 Å². The van der Waals surface area contributed by atoms with Crippen LogP contribution in [0, 0.1) is 5.92 Å². The molecule has 0 fully saturated rings. The number of carboxylic acid groups (broad SMARTS) is 1. The molecule has 0 unspecified atom stereocenters. The number of hydrogen-bond donors (Lipinski definition) is 2. The summed E-state index contributed by atoms with van der Waals surface area (Å²) in [4.78, 5) is 12.7. The highest BCUT2D eigenvalue weighted by Crippen LogP contribution is 2.26. The number of aromatic hydroxyl groups is 1. The predicted octanol–water partition coefficient (Wildman–Crippen LogP) is 1.94. The highest BCUT2D eigenvalue weighted by atomic mass is 16.5. The van der Waals surface area contributed by atoms with E-state index in [1.54, 1.807) is 12.1 Å². The van der Waals surface area contributed by atoms with Crippen LogP contribution in [0.3, 0.4) is 0 Å². The fraction of sp³-hybridized carbons (Fsp3) is 0.500. The van der Waals surface area contributed by atoms with E-state index >= 15 is 0 Å². The van der Waals surface area contributed by atoms with Crippen molar-refractivity contribution in [3.8, 4) is 11.5 Å². The fourth-order valence-corrected chi connectivity index (χ4v) is 1.98. The standard InChI is InChI=1S/C14H21NO4/c1-10(2)7-15(9-14(17)18)8-11-4-5-13(19-3)12(16)6-11/h4-6,10,16H,7-9H2,1-3H3,(H,17,18). The van der Waals surface area contributed by atoms with Gasteiger partial charge in [0.2, 0.25) is 0 Å². The number of ether oxygens (including phenoxy) is 1. The molecule has 2 N–H and O–H groups in total. The molecule has 0 aromatic heterocycles. The van der Waals surface area contributed by atoms with Gasteiger partial charge in [0.15, 0.2) is 11.5 Å². The molecule has 19 heavy (non-hydrogen) atoms. The third kappa shape index (κ3) is 5.18. The van der Waals surface area contributed by atoms with Crippen LogP contribution in [0.5, 0.6) is 11.5 Å². The molecule has 0 saturated carbocycles. The van der Waals surface area contributed by atoms with E-state index in [4.69, 9.17) is 9.84 Å². The van der Waals surface area contributed by atoms with Gasteiger partial charge in [-0.15, -0.1) is 0 Å². The number of carboxylic acids is 1. The molecule has 0 aliphatic rings. The van der Waals surface area contributed by atoms with Crippen molar-refractivity contribution in [3.63, 3.8) is 0 Å². The maximum absolute atomic E-state index is 10.8. The summed E-state index contributed by atoms with van der Waals surface area (Å²) in [6.07, 6.45) is 0. The minimum Gasteiger partial charge on any atom is -0.504 e. The van der Waals surface area contributed by atoms with Gasteiger partial charge in [0.1, 0.15) is 0 Å². The molecule has 0 saturated heterocycles. The third-order valence-corrected chi connectivity index (χ3v) is 2.63. The molecule has 0 bridgehead atoms. The molecule has 0 atom stereocenters. The topological polar surface area (TPSA) is 70.0 Å². The first-order chi connectivity index (χ1) is 8.92. The van der Waals surface area contributed by atoms with Crippen molar-refractivity contribution in [2.24, 2.45) is 5.92 Å². The van der Waals surface area contributed by atoms with Crippen LogP contribution in [0.4, 0.5) is 0 Å². The van der Waals surface area contributed by atoms with Crippen LogP contribution >= 0.6 is 0 Å². The Kier molecular flexibility index (Phi) is 5.63. The number of benzene rings is 1. The van der Waals surface area contributed by atoms with Gasteiger partial charge in [-0.2, -0.15) is 0 Å². The molecular weight excluding hydrogens is 246 g/mol. The highest BCUT2D eigenvalue weighted by Gasteiger charge is 2.13. The van der Waals surface area contributed by atoms with Gasteiger partial charge in [-0.1, -0.05) is 19.9 Å². The molecule has 0 aliphatic heterocycles. The molecule has 0 heterocycles. The van der Waals surface area contributed by atoms with E-state index in [1.807, 2.05) is 24.8 Å². The van der Waals surface area contributed by atoms with Crippen molar-refractivity contribution in [1.29, 1.82) is 0 Å². The number of carbonyl (C=O) groups is 1. The Morgan fingerprint density at radius 3 is 2.58 bits per heavy atom. The van der Waals surface area contributed by atoms with Crippen LogP contribution in [-0.2, 0) is 11.3 Å². The lowest BCUT2D eigenvalue weighted by Gasteiger charge is -2.22. The van der Waals surface area contributed by atoms with E-state index in [0.717, 1.165) is 5.56 Å². The number of aliphatic carboxylic acids is 1. The molecule has 5 nitrogen and oxygen atoms in total. The van der Waals surface area contributed by atoms with Gasteiger partial charge in [0, 0.05) is 13.1 Å². The molecular formula is C14H21NO4. The lowest BCUT2D eigenvalue weighted by molar-refractivity contribution is -0.138. The molecule has 0 spiro atoms. The Bertz CT molecular complexity index is 431. The van der Waals surface area contributed by atoms with Crippen molar-refractivity contribution in [3.05, 3.63) is 23.8 Å². The van der Waals surface area contributed by atoms with Crippen LogP contribution in [0.1, 0.15) is 19.4 Å². The average molecular weight is 267 g/mol. The van der Waals surface area contributed by atoms with Crippen LogP contribution in [-0.4, -0.2) is 41.3 Å². The number of phenols is 1. The van der Waals surface area contributed by atoms with E-state index in [-0.39, 0.29) is 12.3 Å². The summed E-state index contributed by atoms with van der Waals surface area (Å²) in [5.41, 5.74) is 0.861. The number of hydrogen-bond acceptors (Lipinski definition) is 4. The van der Waals surface area contributed by atoms with Crippen molar-refractivity contribution in [1.82, 2.24) is 4.90 Å². The Hall–Kier alpha value is -1.75. The normalized spacial score (nSPS) is 11.0. The summed E-state index contributed by atoms with van der Waals surface area (Å²) in [6, 6.07) is 5.11. The largest absolute Gasteiger partial charge is 0.504 e. The number of rotatable bonds is 7. The maximum Gasteiger partial charge on any atom is 0.317 e. The number of nitrogens with zero attached hydrogens (tertiary/aromatic N) is 1. The summed E-state index contributed by atoms with van der Waals surface area (Å²) in [7, 11) is 1.49. The van der Waals surface area contributed by atoms with Gasteiger partial charge in [-0.25, -0.2) is 0 Å². The van der Waals surface area contributed by atoms with E-state index < -0.39 is 5.97 Å². The smallest absolute Gasteiger partial charge is 0.317 e. The van der Waals surface area contributed by atoms with E-state index in [0.29, 0.717) is 24.8 Å². The summed E-state index contributed by atoms with van der Waals surface area (Å²) >= 11 is 0. The Balaban J connectivity index is 2.77. The van der Waals surface area contributed by atoms with Gasteiger partial charge >= 0.3 is 5.97 Å². The number of phenolic OH excluding ortho intramolecular Hbond substituents is 1. The minimum atomic E-state index is -0.849. The Morgan fingerprint density at radius 1 is 1.42 bits per heavy atom. The Labute approximate surface area is 113 Å². The molecule has 0 amide bonds. The minimum absolute atomic E-state index is 0.00896. The van der Waals surface area contributed by atoms with Crippen LogP contribution in [0.2, 0.25) is 0 Å². The zero-order chi connectivity index (χ0) is 14.4. The van der Waals surface area contributed by atoms with E-state index in [2.05, 4.69) is 0 Å². The SMILES string of the molecule is COc1ccc(CN(CC(=O)O)CC(C)C)cc1O. The summed E-state index contributed by atoms with van der Waals surface area (Å²) in [5, 5.41) is 18.6. The lowest BCUT2D eigenvalue weighted by Crippen LogP contribution is -2.32. The summed E-state index contributed by atoms with van der Waals surface area (Å²) in [6.45, 7) is 5.26. The highest BCUT2D eigenvalue weighted by molar-refractivity contribution is 5.69. The van der Waals surface area contributed by atoms with Crippen molar-refractivity contribution in [2.75, 3.05) is 20.2 Å². The number of methoxy groups -OCH3 is 1. The summed E-state index contributed by atoms with van der Waals surface area (Å²) < 4.78 is 4.98. The molecule has 1 aromatic rings. The van der Waals surface area contributed by atoms with Gasteiger partial charge in [0.05, 0.1) is 13.7 Å². The molecule has 5 heteroatoms. The summed E-state index contributed by atoms with van der Waals surface area (Å²) in [5.74, 6) is 0.0156. The van der Waals surface area contributed by atoms with Gasteiger partial charge in [0.25, 0.3) is 0 Å². The fourth-order valence-electron chi connectivity index (χ4n) is 1.98. The second-order valence-corrected chi connectivity index (χ2v) is 4.96. The average Bonchev–Trinajstić information content (AvgIpc) is 2.27. The quantitative estimate of drug-likeness (QED) is 0.790. The van der Waals surface area contributed by atoms with Crippen molar-refractivity contribution < 1.29 is 19.7 Å². The lowest BCUT2D eigenvalue weighted by atomic mass is 10.1. The van der Waals surface area contributed by atoms with Crippen molar-refractivity contribution >= 4 is 5.97 Å². The molecule has 1 rings (SSSR count). The zero-order valence-electron chi connectivity index (χ0n) is 11.6. The van der Waals surface area contributed by atoms with Crippen LogP contribution in [0.15, 0.2) is 18.2 Å². The second kappa shape index (κ2) is 6.99. The van der Waals surface area contributed by atoms with Crippen molar-refractivity contribution in [2.45, 2.75) is 20.4 Å². The van der Waals surface area contributed by atoms with Gasteiger partial charge < -0.3 is 14.9 Å². The van der Waals surface area contributed by atoms with Crippen LogP contribution < -0.4 is 4.74 Å². The molecule has 106 valence electrons. The first kappa shape index (κ1) is 15.3. The third-order valence-electron chi connectivity index (χ3n) is 2.63. The molecule has 0 aliphatic carbocycles. The maximum atomic E-state index is 10.8. The molecule has 0 radical (unpaired) electrons. The first-order valence-electron chi connectivity index (χ1n) is 6.22. The zero-order valence-corrected chi connectivity index (χ0v) is 11.6. The monoisotopic (exact) mass is 267 g/mol. The van der Waals surface area contributed by atoms with E-state index in [1.165, 1.54) is 7.11 Å². The second-order valence-electron chi connectivity index (χ2n) is 4.96.